The zero-order chi connectivity index (χ0) is 36.5. The molecule has 3 fully saturated rings. The molecule has 2 aliphatic carbocycles. The van der Waals surface area contributed by atoms with Crippen LogP contribution in [0.2, 0.25) is 0 Å². The molecule has 2 saturated carbocycles. The van der Waals surface area contributed by atoms with Crippen LogP contribution in [0.1, 0.15) is 72.1 Å². The zero-order valence-electron chi connectivity index (χ0n) is 29.2. The molecule has 0 radical (unpaired) electrons. The predicted octanol–water partition coefficient (Wildman–Crippen LogP) is 3.50. The second-order valence-electron chi connectivity index (χ2n) is 14.5. The number of hydrogen-bond acceptors (Lipinski definition) is 9. The Morgan fingerprint density at radius 3 is 2.65 bits per heavy atom. The Bertz CT molecular complexity index is 1810. The summed E-state index contributed by atoms with van der Waals surface area (Å²) in [6.07, 6.45) is 7.26. The van der Waals surface area contributed by atoms with E-state index in [2.05, 4.69) is 20.3 Å². The van der Waals surface area contributed by atoms with Gasteiger partial charge in [0.05, 0.1) is 18.4 Å². The van der Waals surface area contributed by atoms with E-state index >= 15 is 0 Å². The van der Waals surface area contributed by atoms with Crippen LogP contribution in [0.15, 0.2) is 42.6 Å². The lowest BCUT2D eigenvalue weighted by atomic mass is 9.88. The minimum atomic E-state index is -3.90. The lowest BCUT2D eigenvalue weighted by Gasteiger charge is -2.32. The van der Waals surface area contributed by atoms with E-state index in [0.717, 1.165) is 18.2 Å². The molecular weight excluding hydrogens is 678 g/mol. The number of carbonyl (C=O) groups excluding carboxylic acids is 3. The summed E-state index contributed by atoms with van der Waals surface area (Å²) < 4.78 is 39.9. The smallest absolute Gasteiger partial charge is 0.405 e. The molecule has 15 heteroatoms. The highest BCUT2D eigenvalue weighted by Gasteiger charge is 2.62. The van der Waals surface area contributed by atoms with E-state index in [1.807, 2.05) is 57.2 Å². The number of nitrogens with zero attached hydrogens (tertiary/aromatic N) is 2. The lowest BCUT2D eigenvalue weighted by molar-refractivity contribution is -0.142. The van der Waals surface area contributed by atoms with Crippen molar-refractivity contribution < 1.29 is 42.2 Å². The number of sulfonamides is 1. The van der Waals surface area contributed by atoms with Crippen LogP contribution >= 0.6 is 0 Å². The molecule has 4 N–H and O–H groups in total. The second-order valence-corrected chi connectivity index (χ2v) is 16.5. The predicted molar refractivity (Wildman–Crippen MR) is 187 cm³/mol. The van der Waals surface area contributed by atoms with Gasteiger partial charge in [0, 0.05) is 23.9 Å². The number of nitrogens with one attached hydrogen (secondary N) is 3. The highest BCUT2D eigenvalue weighted by atomic mass is 32.2. The van der Waals surface area contributed by atoms with Crippen molar-refractivity contribution in [3.63, 3.8) is 0 Å². The number of amides is 4. The molecule has 276 valence electrons. The number of fused-ring (bicyclic) bond motifs is 3. The third-order valence-corrected chi connectivity index (χ3v) is 12.2. The number of pyridine rings is 1. The van der Waals surface area contributed by atoms with Crippen molar-refractivity contribution in [1.29, 1.82) is 0 Å². The molecule has 14 nitrogen and oxygen atoms in total. The van der Waals surface area contributed by atoms with Gasteiger partial charge in [-0.2, -0.15) is 0 Å². The Hall–Kier alpha value is -4.40. The summed E-state index contributed by atoms with van der Waals surface area (Å²) in [6, 6.07) is 5.08. The molecule has 6 rings (SSSR count). The number of benzene rings is 1. The Kier molecular flexibility index (Phi) is 10.5. The van der Waals surface area contributed by atoms with Gasteiger partial charge in [-0.05, 0) is 86.4 Å². The molecule has 1 aromatic carbocycles. The summed E-state index contributed by atoms with van der Waals surface area (Å²) in [5.74, 6) is -1.76. The van der Waals surface area contributed by atoms with Crippen LogP contribution in [0.3, 0.4) is 0 Å². The topological polar surface area (TPSA) is 193 Å². The van der Waals surface area contributed by atoms with Crippen LogP contribution in [-0.4, -0.2) is 89.4 Å². The summed E-state index contributed by atoms with van der Waals surface area (Å²) in [4.78, 5) is 60.0. The molecule has 7 atom stereocenters. The number of carboxylic acid groups (broad SMARTS) is 1. The highest BCUT2D eigenvalue weighted by molar-refractivity contribution is 7.91. The highest BCUT2D eigenvalue weighted by Crippen LogP contribution is 2.46. The quantitative estimate of drug-likeness (QED) is 0.278. The van der Waals surface area contributed by atoms with Gasteiger partial charge in [0.2, 0.25) is 27.7 Å². The lowest BCUT2D eigenvalue weighted by Crippen LogP contribution is -2.59. The largest absolute Gasteiger partial charge is 0.494 e. The molecule has 4 amide bonds. The van der Waals surface area contributed by atoms with Crippen molar-refractivity contribution in [3.8, 4) is 11.6 Å². The van der Waals surface area contributed by atoms with Crippen molar-refractivity contribution >= 4 is 44.6 Å². The average Bonchev–Trinajstić information content (AvgIpc) is 4.01. The standard InChI is InChI=1S/C36H47N5O9S/c1-4-15-49-25-9-12-28-23(17-25)13-14-37-32(28)50-26-18-29-31(42)39-36(34(44)40-51(47,48)27-10-11-27)19-24(36)8-6-5-7-21(2)16-22(3)30(38-35(45)46)33(43)41(29)20-26/h6,8-9,12-14,17,21-22,24,26-27,29-30,38H,4-5,7,10-11,15-16,18-20H2,1-3H3,(H,39,42)(H,40,44)(H,45,46)/t21-,22-,24-,26-,29+,30+,36-/m1/s1. The van der Waals surface area contributed by atoms with Crippen LogP contribution in [-0.2, 0) is 24.4 Å². The maximum absolute atomic E-state index is 14.3. The molecule has 1 saturated heterocycles. The second kappa shape index (κ2) is 14.7. The van der Waals surface area contributed by atoms with E-state index < -0.39 is 74.7 Å². The van der Waals surface area contributed by atoms with Crippen molar-refractivity contribution in [2.24, 2.45) is 17.8 Å². The minimum Gasteiger partial charge on any atom is -0.494 e. The Balaban J connectivity index is 1.31. The van der Waals surface area contributed by atoms with Gasteiger partial charge in [-0.1, -0.05) is 32.9 Å². The van der Waals surface area contributed by atoms with Crippen LogP contribution in [0, 0.1) is 17.8 Å². The van der Waals surface area contributed by atoms with E-state index in [1.54, 1.807) is 6.20 Å². The maximum Gasteiger partial charge on any atom is 0.405 e. The third kappa shape index (κ3) is 8.08. The molecule has 4 aliphatic rings. The van der Waals surface area contributed by atoms with Gasteiger partial charge in [-0.25, -0.2) is 18.2 Å². The molecule has 2 aromatic rings. The van der Waals surface area contributed by atoms with Crippen LogP contribution in [0.25, 0.3) is 10.8 Å². The summed E-state index contributed by atoms with van der Waals surface area (Å²) in [5, 5.41) is 15.9. The summed E-state index contributed by atoms with van der Waals surface area (Å²) in [7, 11) is -3.90. The van der Waals surface area contributed by atoms with Crippen LogP contribution in [0.4, 0.5) is 4.79 Å². The van der Waals surface area contributed by atoms with Gasteiger partial charge in [-0.3, -0.25) is 19.1 Å². The average molecular weight is 726 g/mol. The fraction of sp³-hybridized carbons (Fsp3) is 0.583. The van der Waals surface area contributed by atoms with Crippen molar-refractivity contribution in [2.75, 3.05) is 13.2 Å². The first-order valence-corrected chi connectivity index (χ1v) is 19.4. The molecule has 51 heavy (non-hydrogen) atoms. The van der Waals surface area contributed by atoms with Gasteiger partial charge in [0.1, 0.15) is 29.5 Å². The van der Waals surface area contributed by atoms with Crippen LogP contribution in [0.5, 0.6) is 11.6 Å². The van der Waals surface area contributed by atoms with E-state index in [1.165, 1.54) is 4.90 Å². The number of carbonyl (C=O) groups is 4. The number of rotatable bonds is 9. The van der Waals surface area contributed by atoms with Gasteiger partial charge in [-0.15, -0.1) is 0 Å². The summed E-state index contributed by atoms with van der Waals surface area (Å²) in [6.45, 7) is 6.39. The Morgan fingerprint density at radius 1 is 1.14 bits per heavy atom. The van der Waals surface area contributed by atoms with Crippen molar-refractivity contribution in [3.05, 3.63) is 42.6 Å². The summed E-state index contributed by atoms with van der Waals surface area (Å²) >= 11 is 0. The number of aromatic nitrogens is 1. The fourth-order valence-corrected chi connectivity index (χ4v) is 8.68. The SMILES string of the molecule is CCCOc1ccc2c(O[C@@H]3C[C@H]4C(=O)N[C@]5(C(=O)NS(=O)(=O)C6CC6)C[C@H]5C=CCC[C@@H](C)C[C@@H](C)[C@H](NC(=O)O)C(=O)N4C3)nccc2c1. The van der Waals surface area contributed by atoms with Crippen molar-refractivity contribution in [2.45, 2.75) is 101 Å². The first-order valence-electron chi connectivity index (χ1n) is 17.8. The van der Waals surface area contributed by atoms with E-state index in [9.17, 15) is 32.7 Å². The molecule has 0 bridgehead atoms. The molecule has 1 aromatic heterocycles. The summed E-state index contributed by atoms with van der Waals surface area (Å²) in [5.41, 5.74) is -1.52. The van der Waals surface area contributed by atoms with Gasteiger partial charge >= 0.3 is 6.09 Å². The number of ether oxygens (including phenoxy) is 2. The maximum atomic E-state index is 14.3. The molecule has 0 unspecified atom stereocenters. The van der Waals surface area contributed by atoms with E-state index in [0.29, 0.717) is 49.3 Å². The Morgan fingerprint density at radius 2 is 1.92 bits per heavy atom. The van der Waals surface area contributed by atoms with Gasteiger partial charge in [0.25, 0.3) is 5.91 Å². The Labute approximate surface area is 297 Å². The first kappa shape index (κ1) is 36.4. The van der Waals surface area contributed by atoms with Crippen molar-refractivity contribution in [1.82, 2.24) is 25.2 Å². The number of allylic oxidation sites excluding steroid dienone is 1. The van der Waals surface area contributed by atoms with Gasteiger partial charge < -0.3 is 30.1 Å². The molecular formula is C36H47N5O9S. The minimum absolute atomic E-state index is 0.0243. The monoisotopic (exact) mass is 725 g/mol. The van der Waals surface area contributed by atoms with E-state index in [-0.39, 0.29) is 25.3 Å². The third-order valence-electron chi connectivity index (χ3n) is 10.3. The zero-order valence-corrected chi connectivity index (χ0v) is 30.0. The number of hydrogen-bond donors (Lipinski definition) is 4. The molecule has 0 spiro atoms. The van der Waals surface area contributed by atoms with Gasteiger partial charge in [0.15, 0.2) is 0 Å². The van der Waals surface area contributed by atoms with Crippen LogP contribution < -0.4 is 24.8 Å². The fourth-order valence-electron chi connectivity index (χ4n) is 7.32. The molecule has 2 aliphatic heterocycles. The molecule has 3 heterocycles. The first-order chi connectivity index (χ1) is 24.3. The normalized spacial score (nSPS) is 29.9. The van der Waals surface area contributed by atoms with E-state index in [4.69, 9.17) is 9.47 Å².